The van der Waals surface area contributed by atoms with Crippen LogP contribution in [0.3, 0.4) is 0 Å². The summed E-state index contributed by atoms with van der Waals surface area (Å²) in [5.41, 5.74) is 1.21. The molecule has 2 atom stereocenters. The van der Waals surface area contributed by atoms with E-state index in [2.05, 4.69) is 5.32 Å². The molecule has 2 aromatic carbocycles. The number of ether oxygens (including phenoxy) is 3. The number of rotatable bonds is 8. The van der Waals surface area contributed by atoms with Crippen LogP contribution >= 0.6 is 0 Å². The van der Waals surface area contributed by atoms with Gasteiger partial charge in [-0.25, -0.2) is 8.42 Å². The fourth-order valence-corrected chi connectivity index (χ4v) is 6.21. The van der Waals surface area contributed by atoms with Gasteiger partial charge in [-0.05, 0) is 68.7 Å². The van der Waals surface area contributed by atoms with Crippen molar-refractivity contribution < 1.29 is 27.4 Å². The number of benzene rings is 2. The van der Waals surface area contributed by atoms with Crippen LogP contribution in [-0.2, 0) is 21.2 Å². The van der Waals surface area contributed by atoms with Crippen molar-refractivity contribution in [2.75, 3.05) is 26.6 Å². The molecule has 9 heteroatoms. The van der Waals surface area contributed by atoms with E-state index in [0.717, 1.165) is 19.3 Å². The van der Waals surface area contributed by atoms with Crippen molar-refractivity contribution >= 4 is 21.6 Å². The van der Waals surface area contributed by atoms with Gasteiger partial charge in [-0.2, -0.15) is 4.31 Å². The van der Waals surface area contributed by atoms with E-state index in [4.69, 9.17) is 14.2 Å². The summed E-state index contributed by atoms with van der Waals surface area (Å²) in [6, 6.07) is 9.68. The first kappa shape index (κ1) is 24.9. The van der Waals surface area contributed by atoms with E-state index in [-0.39, 0.29) is 29.3 Å². The predicted molar refractivity (Wildman–Crippen MR) is 127 cm³/mol. The summed E-state index contributed by atoms with van der Waals surface area (Å²) in [6.45, 7) is 3.90. The number of carbonyl (C=O) groups excluding carboxylic acids is 1. The molecule has 0 aliphatic carbocycles. The summed E-state index contributed by atoms with van der Waals surface area (Å²) in [5, 5.41) is 2.81. The van der Waals surface area contributed by atoms with Crippen LogP contribution in [0.25, 0.3) is 0 Å². The molecule has 3 rings (SSSR count). The van der Waals surface area contributed by atoms with Gasteiger partial charge in [-0.15, -0.1) is 0 Å². The summed E-state index contributed by atoms with van der Waals surface area (Å²) in [6.07, 6.45) is 2.84. The zero-order chi connectivity index (χ0) is 24.2. The fourth-order valence-electron chi connectivity index (χ4n) is 4.33. The zero-order valence-corrected chi connectivity index (χ0v) is 20.6. The van der Waals surface area contributed by atoms with Gasteiger partial charge in [0.1, 0.15) is 0 Å². The second-order valence-electron chi connectivity index (χ2n) is 8.25. The van der Waals surface area contributed by atoms with Gasteiger partial charge in [0.2, 0.25) is 21.7 Å². The van der Waals surface area contributed by atoms with Crippen LogP contribution in [0, 0.1) is 0 Å². The molecule has 0 saturated carbocycles. The highest BCUT2D eigenvalue weighted by molar-refractivity contribution is 7.89. The number of anilines is 1. The first-order valence-corrected chi connectivity index (χ1v) is 12.4. The van der Waals surface area contributed by atoms with E-state index in [1.165, 1.54) is 21.3 Å². The summed E-state index contributed by atoms with van der Waals surface area (Å²) < 4.78 is 43.9. The van der Waals surface area contributed by atoms with Gasteiger partial charge in [0.25, 0.3) is 0 Å². The Kier molecular flexibility index (Phi) is 7.86. The number of piperidine rings is 1. The maximum absolute atomic E-state index is 13.2. The molecule has 0 unspecified atom stereocenters. The van der Waals surface area contributed by atoms with E-state index in [1.54, 1.807) is 40.7 Å². The molecule has 0 spiro atoms. The monoisotopic (exact) mass is 476 g/mol. The molecule has 1 aliphatic rings. The van der Waals surface area contributed by atoms with Gasteiger partial charge in [0.15, 0.2) is 11.5 Å². The van der Waals surface area contributed by atoms with Gasteiger partial charge in [0.05, 0.1) is 32.6 Å². The van der Waals surface area contributed by atoms with Crippen LogP contribution in [-0.4, -0.2) is 52.0 Å². The van der Waals surface area contributed by atoms with Crippen LogP contribution in [0.4, 0.5) is 5.69 Å². The smallest absolute Gasteiger partial charge is 0.243 e. The average molecular weight is 477 g/mol. The second-order valence-corrected chi connectivity index (χ2v) is 10.1. The van der Waals surface area contributed by atoms with E-state index >= 15 is 0 Å². The summed E-state index contributed by atoms with van der Waals surface area (Å²) in [5.74, 6) is 1.14. The Morgan fingerprint density at radius 1 is 0.970 bits per heavy atom. The molecule has 1 fully saturated rings. The summed E-state index contributed by atoms with van der Waals surface area (Å²) in [7, 11) is 0.954. The molecule has 1 saturated heterocycles. The van der Waals surface area contributed by atoms with Gasteiger partial charge < -0.3 is 19.5 Å². The molecule has 1 amide bonds. The minimum absolute atomic E-state index is 0.0309. The van der Waals surface area contributed by atoms with Gasteiger partial charge in [-0.1, -0.05) is 6.42 Å². The highest BCUT2D eigenvalue weighted by Gasteiger charge is 2.35. The lowest BCUT2D eigenvalue weighted by atomic mass is 10.0. The molecular formula is C24H32N2O6S. The van der Waals surface area contributed by atoms with E-state index in [0.29, 0.717) is 28.5 Å². The Hall–Kier alpha value is -2.78. The van der Waals surface area contributed by atoms with E-state index < -0.39 is 10.0 Å². The quantitative estimate of drug-likeness (QED) is 0.622. The number of amides is 1. The third-order valence-electron chi connectivity index (χ3n) is 5.92. The highest BCUT2D eigenvalue weighted by Crippen LogP contribution is 2.38. The molecule has 0 bridgehead atoms. The molecule has 1 heterocycles. The van der Waals surface area contributed by atoms with Crippen LogP contribution < -0.4 is 19.5 Å². The number of carbonyl (C=O) groups is 1. The van der Waals surface area contributed by atoms with Crippen molar-refractivity contribution in [1.29, 1.82) is 0 Å². The Bertz CT molecular complexity index is 1050. The minimum Gasteiger partial charge on any atom is -0.493 e. The van der Waals surface area contributed by atoms with Crippen LogP contribution in [0.5, 0.6) is 17.2 Å². The third kappa shape index (κ3) is 5.42. The van der Waals surface area contributed by atoms with Gasteiger partial charge in [-0.3, -0.25) is 4.79 Å². The van der Waals surface area contributed by atoms with Crippen molar-refractivity contribution in [3.63, 3.8) is 0 Å². The van der Waals surface area contributed by atoms with Crippen molar-refractivity contribution in [1.82, 2.24) is 4.31 Å². The van der Waals surface area contributed by atoms with Crippen molar-refractivity contribution in [3.05, 3.63) is 42.0 Å². The van der Waals surface area contributed by atoms with E-state index in [1.807, 2.05) is 13.8 Å². The lowest BCUT2D eigenvalue weighted by Gasteiger charge is -2.37. The molecule has 8 nitrogen and oxygen atoms in total. The Morgan fingerprint density at radius 3 is 2.00 bits per heavy atom. The summed E-state index contributed by atoms with van der Waals surface area (Å²) in [4.78, 5) is 12.8. The maximum Gasteiger partial charge on any atom is 0.243 e. The van der Waals surface area contributed by atoms with Crippen molar-refractivity contribution in [2.45, 2.75) is 56.5 Å². The lowest BCUT2D eigenvalue weighted by Crippen LogP contribution is -2.47. The number of hydrogen-bond acceptors (Lipinski definition) is 6. The van der Waals surface area contributed by atoms with E-state index in [9.17, 15) is 13.2 Å². The topological polar surface area (TPSA) is 94.2 Å². The van der Waals surface area contributed by atoms with Crippen LogP contribution in [0.1, 0.15) is 38.7 Å². The second kappa shape index (κ2) is 10.4. The molecule has 0 aromatic heterocycles. The average Bonchev–Trinajstić information content (AvgIpc) is 2.78. The third-order valence-corrected chi connectivity index (χ3v) is 8.06. The van der Waals surface area contributed by atoms with Crippen molar-refractivity contribution in [2.24, 2.45) is 0 Å². The van der Waals surface area contributed by atoms with Crippen LogP contribution in [0.2, 0.25) is 0 Å². The minimum atomic E-state index is -3.60. The normalized spacial score (nSPS) is 19.1. The number of nitrogens with one attached hydrogen (secondary N) is 1. The highest BCUT2D eigenvalue weighted by atomic mass is 32.2. The fraction of sp³-hybridized carbons (Fsp3) is 0.458. The maximum atomic E-state index is 13.2. The standard InChI is InChI=1S/C24H32N2O6S/c1-16-7-6-8-17(2)26(16)33(28,29)20-11-9-19(10-12-20)25-23(27)15-18-13-21(30-3)24(32-5)22(14-18)31-4/h9-14,16-17H,6-8,15H2,1-5H3,(H,25,27)/t16-,17+. The number of hydrogen-bond donors (Lipinski definition) is 1. The molecule has 33 heavy (non-hydrogen) atoms. The molecule has 1 N–H and O–H groups in total. The first-order chi connectivity index (χ1) is 15.7. The van der Waals surface area contributed by atoms with Gasteiger partial charge in [0, 0.05) is 17.8 Å². The number of sulfonamides is 1. The Balaban J connectivity index is 1.72. The first-order valence-electron chi connectivity index (χ1n) is 10.9. The molecule has 0 radical (unpaired) electrons. The molecular weight excluding hydrogens is 444 g/mol. The van der Waals surface area contributed by atoms with Gasteiger partial charge >= 0.3 is 0 Å². The SMILES string of the molecule is COc1cc(CC(=O)Nc2ccc(S(=O)(=O)N3[C@H](C)CCC[C@@H]3C)cc2)cc(OC)c1OC. The van der Waals surface area contributed by atoms with Crippen molar-refractivity contribution in [3.8, 4) is 17.2 Å². The molecule has 180 valence electrons. The molecule has 2 aromatic rings. The Labute approximate surface area is 195 Å². The van der Waals surface area contributed by atoms with Crippen LogP contribution in [0.15, 0.2) is 41.3 Å². The lowest BCUT2D eigenvalue weighted by molar-refractivity contribution is -0.115. The number of methoxy groups -OCH3 is 3. The predicted octanol–water partition coefficient (Wildman–Crippen LogP) is 3.85. The Morgan fingerprint density at radius 2 is 1.52 bits per heavy atom. The number of nitrogens with zero attached hydrogens (tertiary/aromatic N) is 1. The zero-order valence-electron chi connectivity index (χ0n) is 19.8. The summed E-state index contributed by atoms with van der Waals surface area (Å²) >= 11 is 0. The molecule has 1 aliphatic heterocycles. The largest absolute Gasteiger partial charge is 0.493 e.